The Morgan fingerprint density at radius 1 is 1.21 bits per heavy atom. The van der Waals surface area contributed by atoms with Gasteiger partial charge in [-0.3, -0.25) is 4.79 Å². The highest BCUT2D eigenvalue weighted by atomic mass is 16.5. The van der Waals surface area contributed by atoms with E-state index in [1.807, 2.05) is 0 Å². The van der Waals surface area contributed by atoms with Crippen LogP contribution in [0.2, 0.25) is 0 Å². The predicted molar refractivity (Wildman–Crippen MR) is 89.5 cm³/mol. The molecule has 2 heterocycles. The van der Waals surface area contributed by atoms with Crippen molar-refractivity contribution in [3.05, 3.63) is 11.7 Å². The molecule has 1 N–H and O–H groups in total. The van der Waals surface area contributed by atoms with Crippen molar-refractivity contribution in [2.24, 2.45) is 5.92 Å². The minimum Gasteiger partial charge on any atom is -0.352 e. The van der Waals surface area contributed by atoms with Gasteiger partial charge < -0.3 is 14.7 Å². The molecule has 3 fully saturated rings. The summed E-state index contributed by atoms with van der Waals surface area (Å²) in [5.41, 5.74) is 0. The molecule has 0 bridgehead atoms. The van der Waals surface area contributed by atoms with Crippen molar-refractivity contribution in [2.45, 2.75) is 69.7 Å². The van der Waals surface area contributed by atoms with Gasteiger partial charge in [0.1, 0.15) is 0 Å². The summed E-state index contributed by atoms with van der Waals surface area (Å²) in [6, 6.07) is 0.309. The molecule has 24 heavy (non-hydrogen) atoms. The Bertz CT molecular complexity index is 563. The predicted octanol–water partition coefficient (Wildman–Crippen LogP) is 2.26. The maximum Gasteiger partial charge on any atom is 0.227 e. The zero-order valence-electron chi connectivity index (χ0n) is 14.4. The van der Waals surface area contributed by atoms with Crippen molar-refractivity contribution >= 4 is 5.91 Å². The Kier molecular flexibility index (Phi) is 4.83. The second-order valence-electron chi connectivity index (χ2n) is 7.78. The average molecular weight is 332 g/mol. The number of likely N-dealkylation sites (tertiary alicyclic amines) is 1. The van der Waals surface area contributed by atoms with Crippen molar-refractivity contribution < 1.29 is 9.32 Å². The second-order valence-corrected chi connectivity index (χ2v) is 7.78. The van der Waals surface area contributed by atoms with Gasteiger partial charge in [-0.1, -0.05) is 18.0 Å². The topological polar surface area (TPSA) is 71.3 Å². The zero-order valence-corrected chi connectivity index (χ0v) is 14.4. The van der Waals surface area contributed by atoms with E-state index >= 15 is 0 Å². The summed E-state index contributed by atoms with van der Waals surface area (Å²) in [6.07, 6.45) is 9.96. The van der Waals surface area contributed by atoms with Crippen LogP contribution in [-0.4, -0.2) is 46.6 Å². The molecule has 132 valence electrons. The Morgan fingerprint density at radius 3 is 2.83 bits per heavy atom. The molecule has 0 aromatic carbocycles. The van der Waals surface area contributed by atoms with Crippen LogP contribution < -0.4 is 5.32 Å². The lowest BCUT2D eigenvalue weighted by Gasteiger charge is -2.20. The second kappa shape index (κ2) is 7.21. The van der Waals surface area contributed by atoms with Gasteiger partial charge >= 0.3 is 0 Å². The molecule has 3 aliphatic rings. The highest BCUT2D eigenvalue weighted by molar-refractivity contribution is 5.76. The molecule has 6 heteroatoms. The molecular weight excluding hydrogens is 304 g/mol. The number of carbonyl (C=O) groups is 1. The number of amides is 1. The highest BCUT2D eigenvalue weighted by Gasteiger charge is 2.29. The van der Waals surface area contributed by atoms with Crippen LogP contribution in [0.5, 0.6) is 0 Å². The molecule has 4 rings (SSSR count). The first-order chi connectivity index (χ1) is 11.8. The van der Waals surface area contributed by atoms with E-state index in [1.165, 1.54) is 45.1 Å². The summed E-state index contributed by atoms with van der Waals surface area (Å²) in [5.74, 6) is 2.91. The first-order valence-electron chi connectivity index (χ1n) is 9.60. The van der Waals surface area contributed by atoms with Crippen LogP contribution in [-0.2, 0) is 11.2 Å². The Hall–Kier alpha value is -1.43. The van der Waals surface area contributed by atoms with E-state index in [4.69, 9.17) is 4.52 Å². The van der Waals surface area contributed by atoms with Crippen molar-refractivity contribution in [3.8, 4) is 0 Å². The number of hydrogen-bond acceptors (Lipinski definition) is 5. The summed E-state index contributed by atoms with van der Waals surface area (Å²) in [4.78, 5) is 19.1. The van der Waals surface area contributed by atoms with Gasteiger partial charge in [-0.2, -0.15) is 4.98 Å². The van der Waals surface area contributed by atoms with Gasteiger partial charge in [0.2, 0.25) is 11.8 Å². The van der Waals surface area contributed by atoms with Gasteiger partial charge in [0, 0.05) is 44.4 Å². The smallest absolute Gasteiger partial charge is 0.227 e. The van der Waals surface area contributed by atoms with Crippen LogP contribution in [0.4, 0.5) is 0 Å². The number of nitrogens with zero attached hydrogens (tertiary/aromatic N) is 3. The number of rotatable bonds is 7. The van der Waals surface area contributed by atoms with Crippen LogP contribution in [0.1, 0.15) is 69.0 Å². The molecular formula is C18H28N4O2. The standard InChI is InChI=1S/C18H28N4O2/c23-16(7-8-17-20-18(21-24-17)14-5-6-14)19-15-9-10-22(12-15)11-13-3-1-2-4-13/h13-15H,1-12H2,(H,19,23)/t15-/m0/s1. The molecule has 1 saturated heterocycles. The van der Waals surface area contributed by atoms with Crippen LogP contribution >= 0.6 is 0 Å². The van der Waals surface area contributed by atoms with E-state index in [0.29, 0.717) is 30.7 Å². The first-order valence-corrected chi connectivity index (χ1v) is 9.60. The fraction of sp³-hybridized carbons (Fsp3) is 0.833. The number of carbonyl (C=O) groups excluding carboxylic acids is 1. The van der Waals surface area contributed by atoms with Crippen molar-refractivity contribution in [1.29, 1.82) is 0 Å². The van der Waals surface area contributed by atoms with Crippen LogP contribution in [0.25, 0.3) is 0 Å². The minimum atomic E-state index is 0.105. The van der Waals surface area contributed by atoms with Crippen LogP contribution in [0, 0.1) is 5.92 Å². The lowest BCUT2D eigenvalue weighted by molar-refractivity contribution is -0.121. The first kappa shape index (κ1) is 16.1. The molecule has 1 aromatic rings. The summed E-state index contributed by atoms with van der Waals surface area (Å²) >= 11 is 0. The lowest BCUT2D eigenvalue weighted by Crippen LogP contribution is -2.37. The molecule has 1 atom stereocenters. The molecule has 1 amide bonds. The molecule has 1 aromatic heterocycles. The van der Waals surface area contributed by atoms with E-state index in [9.17, 15) is 4.79 Å². The van der Waals surface area contributed by atoms with Crippen LogP contribution in [0.3, 0.4) is 0 Å². The normalized spacial score (nSPS) is 25.4. The van der Waals surface area contributed by atoms with E-state index in [2.05, 4.69) is 20.4 Å². The monoisotopic (exact) mass is 332 g/mol. The highest BCUT2D eigenvalue weighted by Crippen LogP contribution is 2.38. The van der Waals surface area contributed by atoms with Gasteiger partial charge in [-0.05, 0) is 38.0 Å². The SMILES string of the molecule is O=C(CCc1nc(C2CC2)no1)N[C@H]1CCN(CC2CCCC2)C1. The van der Waals surface area contributed by atoms with Gasteiger partial charge in [-0.25, -0.2) is 0 Å². The lowest BCUT2D eigenvalue weighted by atomic mass is 10.1. The van der Waals surface area contributed by atoms with Gasteiger partial charge in [0.25, 0.3) is 0 Å². The zero-order chi connectivity index (χ0) is 16.4. The van der Waals surface area contributed by atoms with Crippen molar-refractivity contribution in [1.82, 2.24) is 20.4 Å². The molecule has 2 saturated carbocycles. The van der Waals surface area contributed by atoms with E-state index < -0.39 is 0 Å². The summed E-state index contributed by atoms with van der Waals surface area (Å²) in [6.45, 7) is 3.35. The Balaban J connectivity index is 1.16. The van der Waals surface area contributed by atoms with E-state index in [1.54, 1.807) is 0 Å². The quantitative estimate of drug-likeness (QED) is 0.829. The van der Waals surface area contributed by atoms with Gasteiger partial charge in [0.15, 0.2) is 5.82 Å². The summed E-state index contributed by atoms with van der Waals surface area (Å²) in [7, 11) is 0. The number of nitrogens with one attached hydrogen (secondary N) is 1. The molecule has 1 aliphatic heterocycles. The van der Waals surface area contributed by atoms with Gasteiger partial charge in [0.05, 0.1) is 0 Å². The maximum atomic E-state index is 12.2. The number of aryl methyl sites for hydroxylation is 1. The van der Waals surface area contributed by atoms with Crippen molar-refractivity contribution in [3.63, 3.8) is 0 Å². The van der Waals surface area contributed by atoms with E-state index in [-0.39, 0.29) is 5.91 Å². The summed E-state index contributed by atoms with van der Waals surface area (Å²) < 4.78 is 5.23. The van der Waals surface area contributed by atoms with Gasteiger partial charge in [-0.15, -0.1) is 0 Å². The largest absolute Gasteiger partial charge is 0.352 e. The molecule has 6 nitrogen and oxygen atoms in total. The van der Waals surface area contributed by atoms with Crippen LogP contribution in [0.15, 0.2) is 4.52 Å². The van der Waals surface area contributed by atoms with Crippen molar-refractivity contribution in [2.75, 3.05) is 19.6 Å². The molecule has 0 unspecified atom stereocenters. The molecule has 0 radical (unpaired) electrons. The molecule has 2 aliphatic carbocycles. The third-order valence-corrected chi connectivity index (χ3v) is 5.62. The Morgan fingerprint density at radius 2 is 2.04 bits per heavy atom. The number of hydrogen-bond donors (Lipinski definition) is 1. The fourth-order valence-electron chi connectivity index (χ4n) is 4.07. The third-order valence-electron chi connectivity index (χ3n) is 5.62. The fourth-order valence-corrected chi connectivity index (χ4v) is 4.07. The minimum absolute atomic E-state index is 0.105. The molecule has 0 spiro atoms. The Labute approximate surface area is 143 Å². The van der Waals surface area contributed by atoms with E-state index in [0.717, 1.165) is 31.3 Å². The average Bonchev–Trinajstić information content (AvgIpc) is 2.98. The number of aromatic nitrogens is 2. The summed E-state index contributed by atoms with van der Waals surface area (Å²) in [5, 5.41) is 7.17. The third kappa shape index (κ3) is 4.15. The maximum absolute atomic E-state index is 12.2.